The number of carbonyl (C=O) groups excluding carboxylic acids is 1. The number of aromatic hydroxyl groups is 1. The molecule has 0 fully saturated rings. The number of benzene rings is 1. The van der Waals surface area contributed by atoms with Crippen molar-refractivity contribution < 1.29 is 9.90 Å². The van der Waals surface area contributed by atoms with Crippen LogP contribution in [-0.4, -0.2) is 20.8 Å². The highest BCUT2D eigenvalue weighted by Gasteiger charge is 2.16. The van der Waals surface area contributed by atoms with E-state index in [4.69, 9.17) is 0 Å². The van der Waals surface area contributed by atoms with Gasteiger partial charge in [-0.25, -0.2) is 0 Å². The molecule has 1 amide bonds. The SMILES string of the molecule is Cc1ccc(NC(=O)Cc2c(C)nn(CC(C)C)c2C)c(O)c1. The van der Waals surface area contributed by atoms with Crippen molar-refractivity contribution in [3.8, 4) is 5.75 Å². The first-order chi connectivity index (χ1) is 10.8. The molecule has 1 aromatic carbocycles. The Morgan fingerprint density at radius 2 is 2.00 bits per heavy atom. The van der Waals surface area contributed by atoms with Gasteiger partial charge in [-0.1, -0.05) is 19.9 Å². The molecule has 2 N–H and O–H groups in total. The zero-order valence-corrected chi connectivity index (χ0v) is 14.5. The Balaban J connectivity index is 2.12. The number of hydrogen-bond acceptors (Lipinski definition) is 3. The number of carbonyl (C=O) groups is 1. The number of anilines is 1. The van der Waals surface area contributed by atoms with Crippen molar-refractivity contribution in [2.45, 2.75) is 47.6 Å². The molecule has 1 heterocycles. The van der Waals surface area contributed by atoms with E-state index < -0.39 is 0 Å². The van der Waals surface area contributed by atoms with Crippen molar-refractivity contribution in [3.63, 3.8) is 0 Å². The molecule has 2 aromatic rings. The molecular weight excluding hydrogens is 290 g/mol. The number of phenols is 1. The lowest BCUT2D eigenvalue weighted by Gasteiger charge is -2.09. The third-order valence-electron chi connectivity index (χ3n) is 3.83. The molecule has 0 radical (unpaired) electrons. The Kier molecular flexibility index (Phi) is 5.08. The lowest BCUT2D eigenvalue weighted by Crippen LogP contribution is -2.15. The van der Waals surface area contributed by atoms with Crippen LogP contribution in [0.1, 0.15) is 36.4 Å². The number of aryl methyl sites for hydroxylation is 2. The van der Waals surface area contributed by atoms with Gasteiger partial charge in [0.05, 0.1) is 17.8 Å². The van der Waals surface area contributed by atoms with Gasteiger partial charge < -0.3 is 10.4 Å². The van der Waals surface area contributed by atoms with E-state index in [9.17, 15) is 9.90 Å². The Hall–Kier alpha value is -2.30. The zero-order chi connectivity index (χ0) is 17.1. The summed E-state index contributed by atoms with van der Waals surface area (Å²) in [5.74, 6) is 0.431. The normalized spacial score (nSPS) is 11.0. The second kappa shape index (κ2) is 6.86. The van der Waals surface area contributed by atoms with Gasteiger partial charge in [-0.3, -0.25) is 9.48 Å². The summed E-state index contributed by atoms with van der Waals surface area (Å²) in [6.45, 7) is 10.9. The number of amides is 1. The second-order valence-electron chi connectivity index (χ2n) is 6.47. The number of phenolic OH excluding ortho intramolecular Hbond substituents is 1. The van der Waals surface area contributed by atoms with Gasteiger partial charge in [-0.15, -0.1) is 0 Å². The lowest BCUT2D eigenvalue weighted by atomic mass is 10.1. The smallest absolute Gasteiger partial charge is 0.229 e. The quantitative estimate of drug-likeness (QED) is 0.832. The van der Waals surface area contributed by atoms with E-state index >= 15 is 0 Å². The highest BCUT2D eigenvalue weighted by atomic mass is 16.3. The monoisotopic (exact) mass is 315 g/mol. The number of hydrogen-bond donors (Lipinski definition) is 2. The number of rotatable bonds is 5. The van der Waals surface area contributed by atoms with Crippen LogP contribution in [-0.2, 0) is 17.8 Å². The van der Waals surface area contributed by atoms with Crippen molar-refractivity contribution in [2.75, 3.05) is 5.32 Å². The Morgan fingerprint density at radius 1 is 1.30 bits per heavy atom. The highest BCUT2D eigenvalue weighted by molar-refractivity contribution is 5.93. The second-order valence-corrected chi connectivity index (χ2v) is 6.47. The third kappa shape index (κ3) is 4.12. The molecule has 0 aliphatic carbocycles. The molecule has 5 heteroatoms. The van der Waals surface area contributed by atoms with Crippen LogP contribution in [0.2, 0.25) is 0 Å². The van der Waals surface area contributed by atoms with Crippen molar-refractivity contribution >= 4 is 11.6 Å². The van der Waals surface area contributed by atoms with E-state index in [2.05, 4.69) is 24.3 Å². The highest BCUT2D eigenvalue weighted by Crippen LogP contribution is 2.24. The summed E-state index contributed by atoms with van der Waals surface area (Å²) in [4.78, 5) is 12.3. The van der Waals surface area contributed by atoms with Gasteiger partial charge in [0.25, 0.3) is 0 Å². The average molecular weight is 315 g/mol. The van der Waals surface area contributed by atoms with Crippen LogP contribution < -0.4 is 5.32 Å². The van der Waals surface area contributed by atoms with E-state index in [0.717, 1.165) is 29.1 Å². The molecule has 23 heavy (non-hydrogen) atoms. The number of nitrogens with one attached hydrogen (secondary N) is 1. The molecule has 0 aliphatic heterocycles. The summed E-state index contributed by atoms with van der Waals surface area (Å²) in [5, 5.41) is 17.2. The van der Waals surface area contributed by atoms with Crippen LogP contribution in [0, 0.1) is 26.7 Å². The van der Waals surface area contributed by atoms with Gasteiger partial charge in [0, 0.05) is 17.8 Å². The van der Waals surface area contributed by atoms with Gasteiger partial charge >= 0.3 is 0 Å². The fourth-order valence-electron chi connectivity index (χ4n) is 2.62. The van der Waals surface area contributed by atoms with Gasteiger partial charge in [0.1, 0.15) is 5.75 Å². The van der Waals surface area contributed by atoms with Gasteiger partial charge in [-0.05, 0) is 44.4 Å². The zero-order valence-electron chi connectivity index (χ0n) is 14.5. The molecule has 124 valence electrons. The summed E-state index contributed by atoms with van der Waals surface area (Å²) in [6.07, 6.45) is 0.253. The minimum Gasteiger partial charge on any atom is -0.506 e. The van der Waals surface area contributed by atoms with E-state index in [-0.39, 0.29) is 18.1 Å². The van der Waals surface area contributed by atoms with Crippen LogP contribution in [0.5, 0.6) is 5.75 Å². The molecule has 1 aromatic heterocycles. The van der Waals surface area contributed by atoms with E-state index in [1.807, 2.05) is 31.5 Å². The Morgan fingerprint density at radius 3 is 2.61 bits per heavy atom. The molecule has 0 saturated carbocycles. The maximum atomic E-state index is 12.3. The molecule has 0 aliphatic rings. The van der Waals surface area contributed by atoms with Crippen LogP contribution in [0.3, 0.4) is 0 Å². The van der Waals surface area contributed by atoms with Crippen molar-refractivity contribution in [1.82, 2.24) is 9.78 Å². The van der Waals surface area contributed by atoms with E-state index in [0.29, 0.717) is 11.6 Å². The number of aromatic nitrogens is 2. The predicted octanol–water partition coefficient (Wildman–Crippen LogP) is 3.35. The van der Waals surface area contributed by atoms with E-state index in [1.165, 1.54) is 0 Å². The molecule has 0 spiro atoms. The largest absolute Gasteiger partial charge is 0.506 e. The molecule has 0 bridgehead atoms. The van der Waals surface area contributed by atoms with E-state index in [1.54, 1.807) is 12.1 Å². The summed E-state index contributed by atoms with van der Waals surface area (Å²) in [5.41, 5.74) is 4.24. The molecule has 0 unspecified atom stereocenters. The minimum atomic E-state index is -0.153. The standard InChI is InChI=1S/C18H25N3O2/c1-11(2)10-21-14(5)15(13(4)20-21)9-18(23)19-16-7-6-12(3)8-17(16)22/h6-8,11,22H,9-10H2,1-5H3,(H,19,23). The molecule has 5 nitrogen and oxygen atoms in total. The van der Waals surface area contributed by atoms with Crippen LogP contribution in [0.15, 0.2) is 18.2 Å². The minimum absolute atomic E-state index is 0.0855. The van der Waals surface area contributed by atoms with Crippen LogP contribution >= 0.6 is 0 Å². The third-order valence-corrected chi connectivity index (χ3v) is 3.83. The first-order valence-corrected chi connectivity index (χ1v) is 7.90. The Bertz CT molecular complexity index is 717. The van der Waals surface area contributed by atoms with Gasteiger partial charge in [0.15, 0.2) is 0 Å². The van der Waals surface area contributed by atoms with Crippen molar-refractivity contribution in [1.29, 1.82) is 0 Å². The van der Waals surface area contributed by atoms with Crippen molar-refractivity contribution in [3.05, 3.63) is 40.7 Å². The average Bonchev–Trinajstić information content (AvgIpc) is 2.69. The topological polar surface area (TPSA) is 67.2 Å². The maximum Gasteiger partial charge on any atom is 0.229 e. The predicted molar refractivity (Wildman–Crippen MR) is 91.7 cm³/mol. The Labute approximate surface area is 137 Å². The first kappa shape index (κ1) is 17.1. The lowest BCUT2D eigenvalue weighted by molar-refractivity contribution is -0.115. The molecule has 0 atom stereocenters. The summed E-state index contributed by atoms with van der Waals surface area (Å²) >= 11 is 0. The fraction of sp³-hybridized carbons (Fsp3) is 0.444. The summed E-state index contributed by atoms with van der Waals surface area (Å²) < 4.78 is 1.96. The summed E-state index contributed by atoms with van der Waals surface area (Å²) in [7, 11) is 0. The maximum absolute atomic E-state index is 12.3. The molecule has 0 saturated heterocycles. The fourth-order valence-corrected chi connectivity index (χ4v) is 2.62. The van der Waals surface area contributed by atoms with Gasteiger partial charge in [0.2, 0.25) is 5.91 Å². The molecule has 2 rings (SSSR count). The number of nitrogens with zero attached hydrogens (tertiary/aromatic N) is 2. The van der Waals surface area contributed by atoms with Crippen LogP contribution in [0.25, 0.3) is 0 Å². The van der Waals surface area contributed by atoms with Crippen molar-refractivity contribution in [2.24, 2.45) is 5.92 Å². The summed E-state index contributed by atoms with van der Waals surface area (Å²) in [6, 6.07) is 5.20. The first-order valence-electron chi connectivity index (χ1n) is 7.90. The molecular formula is C18H25N3O2. The van der Waals surface area contributed by atoms with Crippen LogP contribution in [0.4, 0.5) is 5.69 Å². The van der Waals surface area contributed by atoms with Gasteiger partial charge in [-0.2, -0.15) is 5.10 Å².